The largest absolute Gasteiger partial charge is 0.266 e. The van der Waals surface area contributed by atoms with E-state index in [1.54, 1.807) is 20.0 Å². The Bertz CT molecular complexity index is 681. The first-order chi connectivity index (χ1) is 8.40. The summed E-state index contributed by atoms with van der Waals surface area (Å²) >= 11 is 5.84. The van der Waals surface area contributed by atoms with Crippen LogP contribution in [-0.4, -0.2) is 23.2 Å². The second-order valence-corrected chi connectivity index (χ2v) is 5.76. The van der Waals surface area contributed by atoms with Gasteiger partial charge in [0.05, 0.1) is 10.7 Å². The van der Waals surface area contributed by atoms with Crippen molar-refractivity contribution in [3.05, 3.63) is 35.2 Å². The Kier molecular flexibility index (Phi) is 3.27. The minimum atomic E-state index is -3.76. The van der Waals surface area contributed by atoms with Gasteiger partial charge in [-0.1, -0.05) is 11.6 Å². The summed E-state index contributed by atoms with van der Waals surface area (Å²) in [5.41, 5.74) is 0.715. The van der Waals surface area contributed by atoms with Crippen LogP contribution in [0.4, 0.5) is 5.82 Å². The van der Waals surface area contributed by atoms with E-state index in [1.807, 2.05) is 0 Å². The average molecular weight is 287 g/mol. The smallest absolute Gasteiger partial charge is 0.263 e. The lowest BCUT2D eigenvalue weighted by Crippen LogP contribution is -2.16. The van der Waals surface area contributed by atoms with Crippen molar-refractivity contribution in [3.63, 3.8) is 0 Å². The standard InChI is InChI=1S/C10H11ClN4O2S/c1-7-5-10(15(2)13-7)14-18(16,17)9-6-12-4-3-8(9)11/h3-6,14H,1-2H3. The Balaban J connectivity index is 2.39. The van der Waals surface area contributed by atoms with Crippen LogP contribution in [0.5, 0.6) is 0 Å². The lowest BCUT2D eigenvalue weighted by atomic mass is 10.5. The maximum absolute atomic E-state index is 12.1. The van der Waals surface area contributed by atoms with Crippen molar-refractivity contribution in [3.8, 4) is 0 Å². The zero-order chi connectivity index (χ0) is 13.3. The highest BCUT2D eigenvalue weighted by Gasteiger charge is 2.19. The van der Waals surface area contributed by atoms with E-state index < -0.39 is 10.0 Å². The molecule has 18 heavy (non-hydrogen) atoms. The minimum Gasteiger partial charge on any atom is -0.263 e. The first-order valence-corrected chi connectivity index (χ1v) is 6.89. The molecule has 0 saturated heterocycles. The molecule has 0 atom stereocenters. The first kappa shape index (κ1) is 12.8. The monoisotopic (exact) mass is 286 g/mol. The molecule has 2 aromatic rings. The first-order valence-electron chi connectivity index (χ1n) is 5.03. The van der Waals surface area contributed by atoms with Crippen molar-refractivity contribution in [2.75, 3.05) is 4.72 Å². The molecule has 8 heteroatoms. The van der Waals surface area contributed by atoms with E-state index in [0.29, 0.717) is 11.5 Å². The highest BCUT2D eigenvalue weighted by Crippen LogP contribution is 2.22. The van der Waals surface area contributed by atoms with Gasteiger partial charge in [-0.3, -0.25) is 14.4 Å². The molecule has 0 aliphatic carbocycles. The zero-order valence-corrected chi connectivity index (χ0v) is 11.3. The van der Waals surface area contributed by atoms with Crippen molar-refractivity contribution < 1.29 is 8.42 Å². The van der Waals surface area contributed by atoms with Crippen molar-refractivity contribution in [1.29, 1.82) is 0 Å². The second kappa shape index (κ2) is 4.58. The number of pyridine rings is 1. The van der Waals surface area contributed by atoms with Gasteiger partial charge in [-0.05, 0) is 13.0 Å². The summed E-state index contributed by atoms with van der Waals surface area (Å²) in [5, 5.41) is 4.17. The highest BCUT2D eigenvalue weighted by atomic mass is 35.5. The fourth-order valence-electron chi connectivity index (χ4n) is 1.46. The van der Waals surface area contributed by atoms with E-state index >= 15 is 0 Å². The Morgan fingerprint density at radius 2 is 2.17 bits per heavy atom. The molecule has 6 nitrogen and oxygen atoms in total. The quantitative estimate of drug-likeness (QED) is 0.929. The minimum absolute atomic E-state index is 0.0643. The van der Waals surface area contributed by atoms with Crippen LogP contribution in [-0.2, 0) is 17.1 Å². The third-order valence-corrected chi connectivity index (χ3v) is 4.09. The third-order valence-electron chi connectivity index (χ3n) is 2.26. The van der Waals surface area contributed by atoms with E-state index in [1.165, 1.54) is 23.1 Å². The molecule has 0 aliphatic heterocycles. The van der Waals surface area contributed by atoms with Crippen molar-refractivity contribution in [1.82, 2.24) is 14.8 Å². The molecule has 0 radical (unpaired) electrons. The second-order valence-electron chi connectivity index (χ2n) is 3.71. The van der Waals surface area contributed by atoms with E-state index in [-0.39, 0.29) is 9.92 Å². The molecule has 0 unspecified atom stereocenters. The number of aryl methyl sites for hydroxylation is 2. The van der Waals surface area contributed by atoms with Gasteiger partial charge in [0.1, 0.15) is 10.7 Å². The summed E-state index contributed by atoms with van der Waals surface area (Å²) in [4.78, 5) is 3.69. The number of rotatable bonds is 3. The predicted molar refractivity (Wildman–Crippen MR) is 68.0 cm³/mol. The molecule has 0 amide bonds. The number of aromatic nitrogens is 3. The lowest BCUT2D eigenvalue weighted by molar-refractivity contribution is 0.600. The van der Waals surface area contributed by atoms with Crippen molar-refractivity contribution >= 4 is 27.4 Å². The van der Waals surface area contributed by atoms with Crippen molar-refractivity contribution in [2.45, 2.75) is 11.8 Å². The summed E-state index contributed by atoms with van der Waals surface area (Å²) < 4.78 is 28.1. The zero-order valence-electron chi connectivity index (χ0n) is 9.75. The molecular formula is C10H11ClN4O2S. The van der Waals surface area contributed by atoms with Crippen LogP contribution in [0.2, 0.25) is 5.02 Å². The molecule has 0 bridgehead atoms. The third kappa shape index (κ3) is 2.46. The van der Waals surface area contributed by atoms with Crippen LogP contribution < -0.4 is 4.72 Å². The molecule has 2 rings (SSSR count). The highest BCUT2D eigenvalue weighted by molar-refractivity contribution is 7.92. The van der Waals surface area contributed by atoms with E-state index in [2.05, 4.69) is 14.8 Å². The Hall–Kier alpha value is -1.60. The number of hydrogen-bond donors (Lipinski definition) is 1. The number of hydrogen-bond acceptors (Lipinski definition) is 4. The topological polar surface area (TPSA) is 76.9 Å². The fraction of sp³-hybridized carbons (Fsp3) is 0.200. The summed E-state index contributed by atoms with van der Waals surface area (Å²) in [5.74, 6) is 0.368. The lowest BCUT2D eigenvalue weighted by Gasteiger charge is -2.08. The molecule has 2 heterocycles. The molecule has 2 aromatic heterocycles. The maximum atomic E-state index is 12.1. The predicted octanol–water partition coefficient (Wildman–Crippen LogP) is 1.58. The van der Waals surface area contributed by atoms with Gasteiger partial charge in [0.15, 0.2) is 0 Å². The van der Waals surface area contributed by atoms with Crippen LogP contribution >= 0.6 is 11.6 Å². The molecule has 96 valence electrons. The number of sulfonamides is 1. The van der Waals surface area contributed by atoms with Gasteiger partial charge in [0.25, 0.3) is 10.0 Å². The number of nitrogens with one attached hydrogen (secondary N) is 1. The summed E-state index contributed by atoms with van der Waals surface area (Å²) in [6.45, 7) is 1.77. The van der Waals surface area contributed by atoms with Crippen LogP contribution in [0.3, 0.4) is 0 Å². The fourth-order valence-corrected chi connectivity index (χ4v) is 2.97. The van der Waals surface area contributed by atoms with Gasteiger partial charge in [0, 0.05) is 25.5 Å². The van der Waals surface area contributed by atoms with Gasteiger partial charge < -0.3 is 0 Å². The molecule has 1 N–H and O–H groups in total. The number of nitrogens with zero attached hydrogens (tertiary/aromatic N) is 3. The van der Waals surface area contributed by atoms with E-state index in [9.17, 15) is 8.42 Å². The Morgan fingerprint density at radius 3 is 2.72 bits per heavy atom. The molecular weight excluding hydrogens is 276 g/mol. The average Bonchev–Trinajstić information content (AvgIpc) is 2.57. The van der Waals surface area contributed by atoms with Gasteiger partial charge in [-0.15, -0.1) is 0 Å². The van der Waals surface area contributed by atoms with Crippen LogP contribution in [0, 0.1) is 6.92 Å². The van der Waals surface area contributed by atoms with E-state index in [0.717, 1.165) is 0 Å². The molecule has 0 spiro atoms. The normalized spacial score (nSPS) is 11.5. The van der Waals surface area contributed by atoms with Crippen LogP contribution in [0.25, 0.3) is 0 Å². The van der Waals surface area contributed by atoms with Crippen LogP contribution in [0.1, 0.15) is 5.69 Å². The van der Waals surface area contributed by atoms with Gasteiger partial charge in [0.2, 0.25) is 0 Å². The Labute approximate surface area is 110 Å². The number of halogens is 1. The molecule has 0 aromatic carbocycles. The SMILES string of the molecule is Cc1cc(NS(=O)(=O)c2cnccc2Cl)n(C)n1. The summed E-state index contributed by atoms with van der Waals surface area (Å²) in [6.07, 6.45) is 2.63. The van der Waals surface area contributed by atoms with Crippen LogP contribution in [0.15, 0.2) is 29.4 Å². The van der Waals surface area contributed by atoms with Gasteiger partial charge >= 0.3 is 0 Å². The summed E-state index contributed by atoms with van der Waals surface area (Å²) in [6, 6.07) is 3.05. The molecule has 0 fully saturated rings. The van der Waals surface area contributed by atoms with Crippen molar-refractivity contribution in [2.24, 2.45) is 7.05 Å². The Morgan fingerprint density at radius 1 is 1.44 bits per heavy atom. The van der Waals surface area contributed by atoms with Gasteiger partial charge in [-0.25, -0.2) is 8.42 Å². The maximum Gasteiger partial charge on any atom is 0.266 e. The van der Waals surface area contributed by atoms with Gasteiger partial charge in [-0.2, -0.15) is 5.10 Å². The summed E-state index contributed by atoms with van der Waals surface area (Å²) in [7, 11) is -2.11. The number of anilines is 1. The molecule has 0 saturated carbocycles. The molecule has 0 aliphatic rings. The van der Waals surface area contributed by atoms with E-state index in [4.69, 9.17) is 11.6 Å².